The van der Waals surface area contributed by atoms with E-state index in [0.29, 0.717) is 10.7 Å². The Hall–Kier alpha value is -1.75. The van der Waals surface area contributed by atoms with E-state index in [0.717, 1.165) is 0 Å². The first kappa shape index (κ1) is 14.3. The predicted molar refractivity (Wildman–Crippen MR) is 74.2 cm³/mol. The molecule has 0 aliphatic carbocycles. The van der Waals surface area contributed by atoms with Crippen molar-refractivity contribution in [3.05, 3.63) is 29.3 Å². The number of carbonyl (C=O) groups excluding carboxylic acids is 1. The molecule has 1 rings (SSSR count). The summed E-state index contributed by atoms with van der Waals surface area (Å²) in [4.78, 5) is 11.5. The van der Waals surface area contributed by atoms with Gasteiger partial charge in [-0.2, -0.15) is 0 Å². The molecular weight excluding hydrogens is 252 g/mol. The van der Waals surface area contributed by atoms with E-state index in [4.69, 9.17) is 17.0 Å². The number of anilines is 1. The Morgan fingerprint density at radius 2 is 1.78 bits per heavy atom. The van der Waals surface area contributed by atoms with Crippen molar-refractivity contribution in [3.8, 4) is 0 Å². The number of guanidine groups is 1. The van der Waals surface area contributed by atoms with Crippen LogP contribution in [0.1, 0.15) is 20.8 Å². The summed E-state index contributed by atoms with van der Waals surface area (Å²) in [6.45, 7) is 5.59. The van der Waals surface area contributed by atoms with Crippen LogP contribution < -0.4 is 16.0 Å². The van der Waals surface area contributed by atoms with E-state index in [1.807, 2.05) is 20.8 Å². The van der Waals surface area contributed by atoms with Gasteiger partial charge in [-0.05, 0) is 45.0 Å². The highest BCUT2D eigenvalue weighted by Gasteiger charge is 2.14. The fourth-order valence-corrected chi connectivity index (χ4v) is 1.32. The van der Waals surface area contributed by atoms with Crippen LogP contribution >= 0.6 is 11.6 Å². The molecule has 0 aliphatic heterocycles. The molecule has 0 bridgehead atoms. The molecule has 5 nitrogen and oxygen atoms in total. The normalized spacial score (nSPS) is 10.7. The van der Waals surface area contributed by atoms with Crippen LogP contribution in [-0.2, 0) is 0 Å². The molecule has 1 aromatic rings. The minimum atomic E-state index is -0.422. The van der Waals surface area contributed by atoms with Gasteiger partial charge in [-0.25, -0.2) is 4.79 Å². The summed E-state index contributed by atoms with van der Waals surface area (Å²) in [5.41, 5.74) is 0.338. The highest BCUT2D eigenvalue weighted by Crippen LogP contribution is 2.12. The van der Waals surface area contributed by atoms with Gasteiger partial charge in [0, 0.05) is 16.2 Å². The first-order chi connectivity index (χ1) is 8.26. The molecule has 0 atom stereocenters. The molecule has 0 radical (unpaired) electrons. The van der Waals surface area contributed by atoms with E-state index in [2.05, 4.69) is 16.0 Å². The Bertz CT molecular complexity index is 436. The lowest BCUT2D eigenvalue weighted by atomic mass is 10.1. The van der Waals surface area contributed by atoms with Crippen molar-refractivity contribution in [3.63, 3.8) is 0 Å². The molecule has 1 aromatic carbocycles. The zero-order valence-corrected chi connectivity index (χ0v) is 11.4. The summed E-state index contributed by atoms with van der Waals surface area (Å²) >= 11 is 5.74. The van der Waals surface area contributed by atoms with Gasteiger partial charge in [0.15, 0.2) is 0 Å². The molecule has 98 valence electrons. The highest BCUT2D eigenvalue weighted by molar-refractivity contribution is 6.30. The van der Waals surface area contributed by atoms with E-state index >= 15 is 0 Å². The van der Waals surface area contributed by atoms with Crippen molar-refractivity contribution >= 4 is 29.3 Å². The van der Waals surface area contributed by atoms with Gasteiger partial charge in [0.2, 0.25) is 5.96 Å². The molecule has 0 saturated heterocycles. The molecule has 6 heteroatoms. The van der Waals surface area contributed by atoms with Gasteiger partial charge in [0.1, 0.15) is 0 Å². The smallest absolute Gasteiger partial charge is 0.321 e. The Labute approximate surface area is 111 Å². The highest BCUT2D eigenvalue weighted by atomic mass is 35.5. The van der Waals surface area contributed by atoms with Crippen molar-refractivity contribution in [1.82, 2.24) is 10.6 Å². The number of nitrogens with one attached hydrogen (secondary N) is 4. The third kappa shape index (κ3) is 5.54. The maximum absolute atomic E-state index is 11.5. The zero-order valence-electron chi connectivity index (χ0n) is 10.6. The zero-order chi connectivity index (χ0) is 13.8. The van der Waals surface area contributed by atoms with Crippen molar-refractivity contribution < 1.29 is 4.79 Å². The van der Waals surface area contributed by atoms with Crippen LogP contribution in [0.4, 0.5) is 10.5 Å². The number of urea groups is 1. The quantitative estimate of drug-likeness (QED) is 0.467. The van der Waals surface area contributed by atoms with Crippen LogP contribution in [0.25, 0.3) is 0 Å². The third-order valence-corrected chi connectivity index (χ3v) is 2.09. The summed E-state index contributed by atoms with van der Waals surface area (Å²) < 4.78 is 0. The number of hydrogen-bond donors (Lipinski definition) is 4. The second-order valence-electron chi connectivity index (χ2n) is 4.84. The Morgan fingerprint density at radius 1 is 1.22 bits per heavy atom. The molecule has 4 N–H and O–H groups in total. The van der Waals surface area contributed by atoms with Gasteiger partial charge in [-0.3, -0.25) is 10.7 Å². The number of benzene rings is 1. The second kappa shape index (κ2) is 5.73. The fraction of sp³-hybridized carbons (Fsp3) is 0.333. The van der Waals surface area contributed by atoms with Gasteiger partial charge >= 0.3 is 6.03 Å². The third-order valence-electron chi connectivity index (χ3n) is 1.84. The standard InChI is InChI=1S/C12H17ClN4O/c1-12(2,3)17-11(18)16-10(14)15-9-6-4-8(13)5-7-9/h4-7H,1-3H3,(H4,14,15,16,17,18). The lowest BCUT2D eigenvalue weighted by molar-refractivity contribution is 0.236. The van der Waals surface area contributed by atoms with Gasteiger partial charge in [0.05, 0.1) is 0 Å². The maximum atomic E-state index is 11.5. The van der Waals surface area contributed by atoms with Crippen LogP contribution in [0, 0.1) is 5.41 Å². The van der Waals surface area contributed by atoms with Crippen molar-refractivity contribution in [2.24, 2.45) is 0 Å². The molecule has 0 aromatic heterocycles. The molecule has 0 heterocycles. The molecule has 0 fully saturated rings. The average molecular weight is 269 g/mol. The van der Waals surface area contributed by atoms with Crippen LogP contribution in [0.5, 0.6) is 0 Å². The lowest BCUT2D eigenvalue weighted by Crippen LogP contribution is -2.49. The Balaban J connectivity index is 2.47. The number of halogens is 1. The van der Waals surface area contributed by atoms with E-state index in [1.54, 1.807) is 24.3 Å². The van der Waals surface area contributed by atoms with Gasteiger partial charge in [-0.1, -0.05) is 11.6 Å². The molecule has 18 heavy (non-hydrogen) atoms. The molecule has 0 unspecified atom stereocenters. The van der Waals surface area contributed by atoms with Crippen molar-refractivity contribution in [2.45, 2.75) is 26.3 Å². The van der Waals surface area contributed by atoms with E-state index in [1.165, 1.54) is 0 Å². The second-order valence-corrected chi connectivity index (χ2v) is 5.27. The number of amides is 2. The molecular formula is C12H17ClN4O. The molecule has 0 aliphatic rings. The van der Waals surface area contributed by atoms with Gasteiger partial charge in [0.25, 0.3) is 0 Å². The van der Waals surface area contributed by atoms with Crippen LogP contribution in [0.15, 0.2) is 24.3 Å². The van der Waals surface area contributed by atoms with E-state index in [9.17, 15) is 4.79 Å². The molecule has 2 amide bonds. The van der Waals surface area contributed by atoms with Gasteiger partial charge < -0.3 is 10.6 Å². The van der Waals surface area contributed by atoms with E-state index < -0.39 is 6.03 Å². The van der Waals surface area contributed by atoms with Crippen molar-refractivity contribution in [1.29, 1.82) is 5.41 Å². The molecule has 0 saturated carbocycles. The summed E-state index contributed by atoms with van der Waals surface area (Å²) in [7, 11) is 0. The van der Waals surface area contributed by atoms with Gasteiger partial charge in [-0.15, -0.1) is 0 Å². The maximum Gasteiger partial charge on any atom is 0.321 e. The fourth-order valence-electron chi connectivity index (χ4n) is 1.19. The Kier molecular flexibility index (Phi) is 4.55. The minimum absolute atomic E-state index is 0.0981. The Morgan fingerprint density at radius 3 is 2.28 bits per heavy atom. The van der Waals surface area contributed by atoms with Crippen molar-refractivity contribution in [2.75, 3.05) is 5.32 Å². The SMILES string of the molecule is CC(C)(C)NC(=O)NC(=N)Nc1ccc(Cl)cc1. The topological polar surface area (TPSA) is 77.0 Å². The number of carbonyl (C=O) groups is 1. The van der Waals surface area contributed by atoms with E-state index in [-0.39, 0.29) is 11.5 Å². The van der Waals surface area contributed by atoms with Crippen LogP contribution in [0.3, 0.4) is 0 Å². The first-order valence-electron chi connectivity index (χ1n) is 5.46. The number of rotatable bonds is 1. The van der Waals surface area contributed by atoms with Crippen LogP contribution in [0.2, 0.25) is 5.02 Å². The van der Waals surface area contributed by atoms with Crippen LogP contribution in [-0.4, -0.2) is 17.5 Å². The summed E-state index contributed by atoms with van der Waals surface area (Å²) in [6.07, 6.45) is 0. The largest absolute Gasteiger partial charge is 0.333 e. The minimum Gasteiger partial charge on any atom is -0.333 e. The average Bonchev–Trinajstić information content (AvgIpc) is 2.18. The lowest BCUT2D eigenvalue weighted by Gasteiger charge is -2.21. The number of hydrogen-bond acceptors (Lipinski definition) is 2. The summed E-state index contributed by atoms with van der Waals surface area (Å²) in [5, 5.41) is 16.0. The molecule has 0 spiro atoms. The predicted octanol–water partition coefficient (Wildman–Crippen LogP) is 2.78. The first-order valence-corrected chi connectivity index (χ1v) is 5.84. The summed E-state index contributed by atoms with van der Waals surface area (Å²) in [5.74, 6) is -0.0981. The monoisotopic (exact) mass is 268 g/mol. The summed E-state index contributed by atoms with van der Waals surface area (Å²) in [6, 6.07) is 6.42.